The van der Waals surface area contributed by atoms with E-state index >= 15 is 0 Å². The molecule has 25 heavy (non-hydrogen) atoms. The molecule has 7 heteroatoms. The third-order valence-corrected chi connectivity index (χ3v) is 4.38. The summed E-state index contributed by atoms with van der Waals surface area (Å²) in [7, 11) is 0. The van der Waals surface area contributed by atoms with Crippen molar-refractivity contribution >= 4 is 17.5 Å². The molecule has 0 amide bonds. The van der Waals surface area contributed by atoms with Gasteiger partial charge in [-0.1, -0.05) is 11.8 Å². The molecule has 2 aromatic carbocycles. The lowest BCUT2D eigenvalue weighted by molar-refractivity contribution is 0.102. The van der Waals surface area contributed by atoms with Crippen LogP contribution in [0.4, 0.5) is 8.78 Å². The van der Waals surface area contributed by atoms with Crippen LogP contribution >= 0.6 is 11.8 Å². The van der Waals surface area contributed by atoms with E-state index in [9.17, 15) is 18.4 Å². The number of hydrogen-bond acceptors (Lipinski definition) is 4. The van der Waals surface area contributed by atoms with Crippen molar-refractivity contribution in [3.63, 3.8) is 0 Å². The molecule has 3 aromatic rings. The van der Waals surface area contributed by atoms with Crippen LogP contribution in [0, 0.1) is 11.6 Å². The van der Waals surface area contributed by atoms with Crippen LogP contribution in [0.2, 0.25) is 0 Å². The molecule has 1 aromatic heterocycles. The minimum atomic E-state index is -0.420. The molecule has 1 heterocycles. The van der Waals surface area contributed by atoms with Crippen LogP contribution in [0.15, 0.2) is 70.7 Å². The predicted octanol–water partition coefficient (Wildman–Crippen LogP) is 3.49. The fourth-order valence-corrected chi connectivity index (χ4v) is 2.94. The number of benzene rings is 2. The molecule has 0 saturated carbocycles. The first-order valence-electron chi connectivity index (χ1n) is 7.30. The summed E-state index contributed by atoms with van der Waals surface area (Å²) in [5.41, 5.74) is 0.468. The van der Waals surface area contributed by atoms with Crippen molar-refractivity contribution in [1.29, 1.82) is 0 Å². The molecule has 0 atom stereocenters. The van der Waals surface area contributed by atoms with E-state index in [1.165, 1.54) is 65.5 Å². The molecule has 126 valence electrons. The SMILES string of the molecule is O=C(CSc1nccn(-c2ccc(F)cc2)c1=O)c1ccc(F)cc1. The lowest BCUT2D eigenvalue weighted by Gasteiger charge is -2.07. The molecular formula is C18H12F2N2O2S. The highest BCUT2D eigenvalue weighted by molar-refractivity contribution is 7.99. The van der Waals surface area contributed by atoms with Crippen LogP contribution in [0.25, 0.3) is 5.69 Å². The maximum atomic E-state index is 13.0. The normalized spacial score (nSPS) is 10.6. The molecule has 4 nitrogen and oxygen atoms in total. The Bertz CT molecular complexity index is 954. The number of nitrogens with zero attached hydrogens (tertiary/aromatic N) is 2. The van der Waals surface area contributed by atoms with Gasteiger partial charge in [-0.3, -0.25) is 14.2 Å². The number of thioether (sulfide) groups is 1. The van der Waals surface area contributed by atoms with E-state index in [1.54, 1.807) is 0 Å². The predicted molar refractivity (Wildman–Crippen MR) is 91.2 cm³/mol. The third-order valence-electron chi connectivity index (χ3n) is 3.42. The summed E-state index contributed by atoms with van der Waals surface area (Å²) in [6, 6.07) is 10.7. The van der Waals surface area contributed by atoms with Crippen LogP contribution in [0.3, 0.4) is 0 Å². The summed E-state index contributed by atoms with van der Waals surface area (Å²) in [5.74, 6) is -1.05. The fourth-order valence-electron chi connectivity index (χ4n) is 2.15. The Morgan fingerprint density at radius 1 is 1.00 bits per heavy atom. The zero-order valence-electron chi connectivity index (χ0n) is 12.9. The van der Waals surface area contributed by atoms with Crippen molar-refractivity contribution < 1.29 is 13.6 Å². The number of carbonyl (C=O) groups excluding carboxylic acids is 1. The van der Waals surface area contributed by atoms with Gasteiger partial charge in [0.2, 0.25) is 0 Å². The van der Waals surface area contributed by atoms with Gasteiger partial charge >= 0.3 is 0 Å². The topological polar surface area (TPSA) is 52.0 Å². The largest absolute Gasteiger partial charge is 0.293 e. The Morgan fingerprint density at radius 3 is 2.24 bits per heavy atom. The van der Waals surface area contributed by atoms with Gasteiger partial charge in [0.1, 0.15) is 11.6 Å². The Balaban J connectivity index is 1.78. The molecule has 0 spiro atoms. The zero-order chi connectivity index (χ0) is 17.8. The van der Waals surface area contributed by atoms with Crippen molar-refractivity contribution in [2.45, 2.75) is 5.03 Å². The summed E-state index contributed by atoms with van der Waals surface area (Å²) in [4.78, 5) is 28.6. The monoisotopic (exact) mass is 358 g/mol. The van der Waals surface area contributed by atoms with Gasteiger partial charge in [0, 0.05) is 23.6 Å². The molecule has 0 N–H and O–H groups in total. The third kappa shape index (κ3) is 4.00. The quantitative estimate of drug-likeness (QED) is 0.518. The maximum Gasteiger partial charge on any atom is 0.287 e. The molecule has 0 aliphatic rings. The summed E-state index contributed by atoms with van der Waals surface area (Å²) < 4.78 is 27.2. The minimum absolute atomic E-state index is 0.00129. The number of ketones is 1. The van der Waals surface area contributed by atoms with Crippen molar-refractivity contribution in [1.82, 2.24) is 9.55 Å². The van der Waals surface area contributed by atoms with Crippen LogP contribution < -0.4 is 5.56 Å². The Morgan fingerprint density at radius 2 is 1.60 bits per heavy atom. The average Bonchev–Trinajstić information content (AvgIpc) is 2.62. The van der Waals surface area contributed by atoms with Gasteiger partial charge in [-0.05, 0) is 48.5 Å². The van der Waals surface area contributed by atoms with Gasteiger partial charge in [-0.25, -0.2) is 13.8 Å². The molecule has 0 unspecified atom stereocenters. The van der Waals surface area contributed by atoms with E-state index in [0.717, 1.165) is 11.8 Å². The van der Waals surface area contributed by atoms with E-state index in [-0.39, 0.29) is 16.6 Å². The molecule has 0 aliphatic heterocycles. The van der Waals surface area contributed by atoms with Crippen LogP contribution in [-0.2, 0) is 0 Å². The maximum absolute atomic E-state index is 13.0. The number of halogens is 2. The first-order valence-corrected chi connectivity index (χ1v) is 8.28. The van der Waals surface area contributed by atoms with Gasteiger partial charge < -0.3 is 0 Å². The molecular weight excluding hydrogens is 346 g/mol. The highest BCUT2D eigenvalue weighted by Gasteiger charge is 2.11. The van der Waals surface area contributed by atoms with Crippen molar-refractivity contribution in [2.75, 3.05) is 5.75 Å². The molecule has 0 fully saturated rings. The Hall–Kier alpha value is -2.80. The molecule has 3 rings (SSSR count). The summed E-state index contributed by atoms with van der Waals surface area (Å²) in [5, 5.41) is 0.155. The van der Waals surface area contributed by atoms with Gasteiger partial charge in [-0.15, -0.1) is 0 Å². The second kappa shape index (κ2) is 7.40. The lowest BCUT2D eigenvalue weighted by Crippen LogP contribution is -2.21. The van der Waals surface area contributed by atoms with Gasteiger partial charge in [0.05, 0.1) is 5.75 Å². The molecule has 0 aliphatic carbocycles. The molecule has 0 radical (unpaired) electrons. The minimum Gasteiger partial charge on any atom is -0.293 e. The van der Waals surface area contributed by atoms with Crippen LogP contribution in [0.5, 0.6) is 0 Å². The second-order valence-electron chi connectivity index (χ2n) is 5.10. The van der Waals surface area contributed by atoms with Gasteiger partial charge in [-0.2, -0.15) is 0 Å². The highest BCUT2D eigenvalue weighted by atomic mass is 32.2. The highest BCUT2D eigenvalue weighted by Crippen LogP contribution is 2.15. The summed E-state index contributed by atoms with van der Waals surface area (Å²) in [6.07, 6.45) is 2.91. The lowest BCUT2D eigenvalue weighted by atomic mass is 10.1. The van der Waals surface area contributed by atoms with Crippen molar-refractivity contribution in [2.24, 2.45) is 0 Å². The van der Waals surface area contributed by atoms with E-state index in [4.69, 9.17) is 0 Å². The van der Waals surface area contributed by atoms with Crippen molar-refractivity contribution in [3.05, 3.63) is 88.5 Å². The first-order chi connectivity index (χ1) is 12.0. The molecule has 0 bridgehead atoms. The van der Waals surface area contributed by atoms with Crippen molar-refractivity contribution in [3.8, 4) is 5.69 Å². The van der Waals surface area contributed by atoms with Crippen LogP contribution in [0.1, 0.15) is 10.4 Å². The number of aromatic nitrogens is 2. The van der Waals surface area contributed by atoms with E-state index in [2.05, 4.69) is 4.98 Å². The second-order valence-corrected chi connectivity index (χ2v) is 6.07. The number of hydrogen-bond donors (Lipinski definition) is 0. The average molecular weight is 358 g/mol. The number of carbonyl (C=O) groups is 1. The smallest absolute Gasteiger partial charge is 0.287 e. The Labute approximate surface area is 146 Å². The van der Waals surface area contributed by atoms with E-state index in [0.29, 0.717) is 11.3 Å². The molecule has 0 saturated heterocycles. The van der Waals surface area contributed by atoms with Crippen LogP contribution in [-0.4, -0.2) is 21.1 Å². The van der Waals surface area contributed by atoms with Gasteiger partial charge in [0.25, 0.3) is 5.56 Å². The fraction of sp³-hybridized carbons (Fsp3) is 0.0556. The number of rotatable bonds is 5. The standard InChI is InChI=1S/C18H12F2N2O2S/c19-13-3-1-12(2-4-13)16(23)11-25-17-18(24)22(10-9-21-17)15-7-5-14(20)6-8-15/h1-10H,11H2. The summed E-state index contributed by atoms with van der Waals surface area (Å²) in [6.45, 7) is 0. The Kier molecular flexibility index (Phi) is 5.04. The summed E-state index contributed by atoms with van der Waals surface area (Å²) >= 11 is 1.00. The van der Waals surface area contributed by atoms with E-state index in [1.807, 2.05) is 0 Å². The van der Waals surface area contributed by atoms with E-state index < -0.39 is 17.2 Å². The van der Waals surface area contributed by atoms with Gasteiger partial charge in [0.15, 0.2) is 10.8 Å². The number of Topliss-reactive ketones (excluding diaryl/α,β-unsaturated/α-hetero) is 1. The zero-order valence-corrected chi connectivity index (χ0v) is 13.7. The first kappa shape index (κ1) is 17.0.